The Bertz CT molecular complexity index is 584. The monoisotopic (exact) mass is 290 g/mol. The van der Waals surface area contributed by atoms with E-state index in [1.54, 1.807) is 6.07 Å². The van der Waals surface area contributed by atoms with Gasteiger partial charge in [-0.3, -0.25) is 0 Å². The number of rotatable bonds is 4. The topological polar surface area (TPSA) is 29.3 Å². The Morgan fingerprint density at radius 1 is 1.21 bits per heavy atom. The predicted octanol–water partition coefficient (Wildman–Crippen LogP) is 3.61. The predicted molar refractivity (Wildman–Crippen MR) is 85.9 cm³/mol. The normalized spacial score (nSPS) is 10.2. The number of hydrogen-bond acceptors (Lipinski definition) is 2. The zero-order valence-corrected chi connectivity index (χ0v) is 12.2. The third-order valence-electron chi connectivity index (χ3n) is 2.90. The molecule has 2 rings (SSSR count). The van der Waals surface area contributed by atoms with Crippen LogP contribution in [0.4, 0.5) is 5.69 Å². The second-order valence-electron chi connectivity index (χ2n) is 4.37. The number of benzene rings is 2. The number of nitrogens with two attached hydrogens (primary N) is 1. The number of nitrogens with zero attached hydrogens (tertiary/aromatic N) is 1. The summed E-state index contributed by atoms with van der Waals surface area (Å²) in [5.74, 6) is 0. The molecule has 0 unspecified atom stereocenters. The second-order valence-corrected chi connectivity index (χ2v) is 5.24. The Balaban J connectivity index is 2.30. The molecule has 0 aromatic heterocycles. The summed E-state index contributed by atoms with van der Waals surface area (Å²) in [6.07, 6.45) is 0. The van der Waals surface area contributed by atoms with Gasteiger partial charge in [0.1, 0.15) is 4.99 Å². The molecule has 2 aromatic carbocycles. The lowest BCUT2D eigenvalue weighted by Crippen LogP contribution is -2.21. The molecule has 0 amide bonds. The lowest BCUT2D eigenvalue weighted by Gasteiger charge is -2.22. The van der Waals surface area contributed by atoms with Crippen LogP contribution in [0.1, 0.15) is 11.1 Å². The van der Waals surface area contributed by atoms with E-state index in [-0.39, 0.29) is 0 Å². The quantitative estimate of drug-likeness (QED) is 0.872. The van der Waals surface area contributed by atoms with Crippen LogP contribution in [0, 0.1) is 0 Å². The van der Waals surface area contributed by atoms with Crippen LogP contribution >= 0.6 is 23.8 Å². The van der Waals surface area contributed by atoms with E-state index < -0.39 is 0 Å². The minimum atomic E-state index is 0.381. The highest BCUT2D eigenvalue weighted by Gasteiger charge is 2.10. The molecule has 0 aliphatic heterocycles. The van der Waals surface area contributed by atoms with Crippen molar-refractivity contribution in [1.29, 1.82) is 0 Å². The van der Waals surface area contributed by atoms with Crippen molar-refractivity contribution in [3.63, 3.8) is 0 Å². The van der Waals surface area contributed by atoms with Gasteiger partial charge in [-0.1, -0.05) is 54.2 Å². The zero-order valence-electron chi connectivity index (χ0n) is 10.6. The highest BCUT2D eigenvalue weighted by atomic mass is 35.5. The maximum atomic E-state index is 6.06. The molecule has 0 saturated carbocycles. The summed E-state index contributed by atoms with van der Waals surface area (Å²) in [6, 6.07) is 15.8. The van der Waals surface area contributed by atoms with E-state index in [1.165, 1.54) is 5.56 Å². The van der Waals surface area contributed by atoms with E-state index in [1.807, 2.05) is 37.4 Å². The molecule has 0 atom stereocenters. The first kappa shape index (κ1) is 13.8. The summed E-state index contributed by atoms with van der Waals surface area (Å²) in [4.78, 5) is 2.47. The molecule has 2 nitrogen and oxygen atoms in total. The highest BCUT2D eigenvalue weighted by Crippen LogP contribution is 2.25. The van der Waals surface area contributed by atoms with Crippen LogP contribution in [0.5, 0.6) is 0 Å². The number of hydrogen-bond donors (Lipinski definition) is 1. The van der Waals surface area contributed by atoms with Gasteiger partial charge in [-0.15, -0.1) is 0 Å². The highest BCUT2D eigenvalue weighted by molar-refractivity contribution is 7.80. The molecule has 0 fully saturated rings. The smallest absolute Gasteiger partial charge is 0.106 e. The molecular formula is C15H15ClN2S. The van der Waals surface area contributed by atoms with Crippen molar-refractivity contribution in [3.8, 4) is 0 Å². The molecule has 2 N–H and O–H groups in total. The van der Waals surface area contributed by atoms with Crippen LogP contribution in [-0.4, -0.2) is 12.0 Å². The molecule has 0 spiro atoms. The average Bonchev–Trinajstić information content (AvgIpc) is 2.39. The number of thiocarbonyl (C=S) groups is 1. The molecule has 0 aliphatic carbocycles. The minimum absolute atomic E-state index is 0.381. The van der Waals surface area contributed by atoms with Gasteiger partial charge in [0.2, 0.25) is 0 Å². The summed E-state index contributed by atoms with van der Waals surface area (Å²) >= 11 is 11.1. The molecule has 0 radical (unpaired) electrons. The molecule has 0 bridgehead atoms. The second kappa shape index (κ2) is 6.04. The van der Waals surface area contributed by atoms with Gasteiger partial charge in [-0.25, -0.2) is 0 Å². The standard InChI is InChI=1S/C15H15ClN2S/c1-18(10-11-5-3-2-4-6-11)14-9-12(16)7-8-13(14)15(17)19/h2-9H,10H2,1H3,(H2,17,19). The fourth-order valence-electron chi connectivity index (χ4n) is 1.97. The summed E-state index contributed by atoms with van der Waals surface area (Å²) in [7, 11) is 2.00. The fraction of sp³-hybridized carbons (Fsp3) is 0.133. The molecule has 2 aromatic rings. The van der Waals surface area contributed by atoms with Crippen LogP contribution in [0.3, 0.4) is 0 Å². The van der Waals surface area contributed by atoms with Gasteiger partial charge in [-0.2, -0.15) is 0 Å². The average molecular weight is 291 g/mol. The lowest BCUT2D eigenvalue weighted by atomic mass is 10.1. The van der Waals surface area contributed by atoms with Crippen molar-refractivity contribution < 1.29 is 0 Å². The molecule has 19 heavy (non-hydrogen) atoms. The number of anilines is 1. The summed E-state index contributed by atoms with van der Waals surface area (Å²) < 4.78 is 0. The van der Waals surface area contributed by atoms with Crippen LogP contribution in [-0.2, 0) is 6.54 Å². The van der Waals surface area contributed by atoms with Gasteiger partial charge in [0.15, 0.2) is 0 Å². The first-order valence-electron chi connectivity index (χ1n) is 5.92. The zero-order chi connectivity index (χ0) is 13.8. The van der Waals surface area contributed by atoms with Crippen molar-refractivity contribution in [2.75, 3.05) is 11.9 Å². The Kier molecular flexibility index (Phi) is 4.40. The van der Waals surface area contributed by atoms with Gasteiger partial charge in [0.05, 0.1) is 0 Å². The maximum Gasteiger partial charge on any atom is 0.106 e. The Morgan fingerprint density at radius 2 is 1.89 bits per heavy atom. The minimum Gasteiger partial charge on any atom is -0.389 e. The van der Waals surface area contributed by atoms with Crippen LogP contribution < -0.4 is 10.6 Å². The first-order valence-corrected chi connectivity index (χ1v) is 6.71. The number of halogens is 1. The Hall–Kier alpha value is -1.58. The summed E-state index contributed by atoms with van der Waals surface area (Å²) in [5.41, 5.74) is 8.77. The van der Waals surface area contributed by atoms with Crippen LogP contribution in [0.15, 0.2) is 48.5 Å². The molecule has 0 saturated heterocycles. The van der Waals surface area contributed by atoms with Crippen LogP contribution in [0.25, 0.3) is 0 Å². The van der Waals surface area contributed by atoms with Gasteiger partial charge in [0, 0.05) is 29.9 Å². The van der Waals surface area contributed by atoms with E-state index in [9.17, 15) is 0 Å². The SMILES string of the molecule is CN(Cc1ccccc1)c1cc(Cl)ccc1C(N)=S. The molecule has 4 heteroatoms. The Morgan fingerprint density at radius 3 is 2.53 bits per heavy atom. The van der Waals surface area contributed by atoms with Crippen molar-refractivity contribution in [2.45, 2.75) is 6.54 Å². The summed E-state index contributed by atoms with van der Waals surface area (Å²) in [5, 5.41) is 0.676. The third-order valence-corrected chi connectivity index (χ3v) is 3.35. The largest absolute Gasteiger partial charge is 0.389 e. The fourth-order valence-corrected chi connectivity index (χ4v) is 2.31. The molecule has 98 valence electrons. The van der Waals surface area contributed by atoms with Gasteiger partial charge in [-0.05, 0) is 23.8 Å². The molecular weight excluding hydrogens is 276 g/mol. The van der Waals surface area contributed by atoms with Crippen LogP contribution in [0.2, 0.25) is 5.02 Å². The van der Waals surface area contributed by atoms with Gasteiger partial charge < -0.3 is 10.6 Å². The maximum absolute atomic E-state index is 6.06. The van der Waals surface area contributed by atoms with Crippen molar-refractivity contribution in [1.82, 2.24) is 0 Å². The van der Waals surface area contributed by atoms with E-state index in [2.05, 4.69) is 17.0 Å². The van der Waals surface area contributed by atoms with E-state index in [4.69, 9.17) is 29.6 Å². The molecule has 0 aliphatic rings. The van der Waals surface area contributed by atoms with Gasteiger partial charge in [0.25, 0.3) is 0 Å². The van der Waals surface area contributed by atoms with Crippen molar-refractivity contribution in [3.05, 3.63) is 64.7 Å². The summed E-state index contributed by atoms with van der Waals surface area (Å²) in [6.45, 7) is 0.775. The Labute approximate surface area is 123 Å². The van der Waals surface area contributed by atoms with Gasteiger partial charge >= 0.3 is 0 Å². The third kappa shape index (κ3) is 3.46. The van der Waals surface area contributed by atoms with E-state index in [0.717, 1.165) is 17.8 Å². The van der Waals surface area contributed by atoms with Crippen molar-refractivity contribution in [2.24, 2.45) is 5.73 Å². The van der Waals surface area contributed by atoms with Crippen molar-refractivity contribution >= 4 is 34.5 Å². The van der Waals surface area contributed by atoms with E-state index in [0.29, 0.717) is 10.0 Å². The molecule has 0 heterocycles. The lowest BCUT2D eigenvalue weighted by molar-refractivity contribution is 0.922. The van der Waals surface area contributed by atoms with E-state index >= 15 is 0 Å². The first-order chi connectivity index (χ1) is 9.08.